The number of urea groups is 1. The van der Waals surface area contributed by atoms with Crippen LogP contribution in [0.15, 0.2) is 0 Å². The van der Waals surface area contributed by atoms with Gasteiger partial charge in [-0.2, -0.15) is 11.8 Å². The van der Waals surface area contributed by atoms with Crippen molar-refractivity contribution >= 4 is 17.8 Å². The molecule has 0 aromatic carbocycles. The number of nitrogens with one attached hydrogen (secondary N) is 2. The van der Waals surface area contributed by atoms with Crippen LogP contribution in [0.3, 0.4) is 0 Å². The first kappa shape index (κ1) is 15.6. The highest BCUT2D eigenvalue weighted by Crippen LogP contribution is 2.26. The van der Waals surface area contributed by atoms with Crippen molar-refractivity contribution in [3.63, 3.8) is 0 Å². The van der Waals surface area contributed by atoms with Gasteiger partial charge in [0.05, 0.1) is 5.60 Å². The zero-order valence-corrected chi connectivity index (χ0v) is 12.5. The van der Waals surface area contributed by atoms with E-state index >= 15 is 0 Å². The largest absolute Gasteiger partial charge is 0.387 e. The van der Waals surface area contributed by atoms with E-state index in [1.165, 1.54) is 0 Å². The Bertz CT molecular complexity index is 271. The van der Waals surface area contributed by atoms with E-state index in [1.54, 1.807) is 11.8 Å². The molecule has 1 fully saturated rings. The second kappa shape index (κ2) is 6.66. The molecule has 0 aliphatic carbocycles. The maximum absolute atomic E-state index is 11.5. The van der Waals surface area contributed by atoms with Gasteiger partial charge in [0.15, 0.2) is 0 Å². The summed E-state index contributed by atoms with van der Waals surface area (Å²) >= 11 is 1.74. The van der Waals surface area contributed by atoms with Gasteiger partial charge in [-0.1, -0.05) is 20.8 Å². The summed E-state index contributed by atoms with van der Waals surface area (Å²) in [6.45, 7) is 7.63. The number of amides is 2. The molecule has 1 rings (SSSR count). The maximum atomic E-state index is 11.5. The Kier molecular flexibility index (Phi) is 5.79. The minimum atomic E-state index is -0.701. The Morgan fingerprint density at radius 1 is 1.39 bits per heavy atom. The fourth-order valence-electron chi connectivity index (χ4n) is 1.86. The van der Waals surface area contributed by atoms with Crippen molar-refractivity contribution in [3.05, 3.63) is 0 Å². The van der Waals surface area contributed by atoms with Crippen molar-refractivity contribution in [2.24, 2.45) is 5.41 Å². The highest BCUT2D eigenvalue weighted by Gasteiger charge is 2.31. The summed E-state index contributed by atoms with van der Waals surface area (Å²) in [4.78, 5) is 11.5. The molecule has 0 saturated carbocycles. The van der Waals surface area contributed by atoms with Crippen molar-refractivity contribution in [2.45, 2.75) is 45.6 Å². The van der Waals surface area contributed by atoms with Crippen molar-refractivity contribution in [2.75, 3.05) is 24.6 Å². The first-order valence-electron chi connectivity index (χ1n) is 6.63. The molecule has 1 aliphatic heterocycles. The lowest BCUT2D eigenvalue weighted by atomic mass is 9.91. The third-order valence-electron chi connectivity index (χ3n) is 3.05. The van der Waals surface area contributed by atoms with Gasteiger partial charge < -0.3 is 15.7 Å². The van der Waals surface area contributed by atoms with Crippen LogP contribution in [0.2, 0.25) is 0 Å². The van der Waals surface area contributed by atoms with Crippen molar-refractivity contribution in [1.29, 1.82) is 0 Å². The Morgan fingerprint density at radius 2 is 2.11 bits per heavy atom. The molecule has 0 aromatic rings. The highest BCUT2D eigenvalue weighted by atomic mass is 32.2. The van der Waals surface area contributed by atoms with Crippen molar-refractivity contribution < 1.29 is 9.90 Å². The molecule has 0 unspecified atom stereocenters. The molecule has 3 N–H and O–H groups in total. The number of carbonyl (C=O) groups is 1. The average molecular weight is 274 g/mol. The van der Waals surface area contributed by atoms with Crippen molar-refractivity contribution in [1.82, 2.24) is 10.6 Å². The van der Waals surface area contributed by atoms with Gasteiger partial charge in [0.25, 0.3) is 0 Å². The molecule has 18 heavy (non-hydrogen) atoms. The lowest BCUT2D eigenvalue weighted by molar-refractivity contribution is 0.0700. The lowest BCUT2D eigenvalue weighted by Crippen LogP contribution is -2.46. The first-order valence-corrected chi connectivity index (χ1v) is 7.78. The Hall–Kier alpha value is -0.420. The van der Waals surface area contributed by atoms with Gasteiger partial charge in [-0.05, 0) is 30.4 Å². The molecule has 5 heteroatoms. The minimum absolute atomic E-state index is 0.172. The zero-order chi connectivity index (χ0) is 13.6. The summed E-state index contributed by atoms with van der Waals surface area (Å²) in [7, 11) is 0. The SMILES string of the molecule is CC(C)(C)CCCNC(=O)NC[C@@]1(O)CCSC1. The molecule has 0 bridgehead atoms. The highest BCUT2D eigenvalue weighted by molar-refractivity contribution is 7.99. The molecule has 1 atom stereocenters. The van der Waals surface area contributed by atoms with Gasteiger partial charge in [0.2, 0.25) is 0 Å². The molecule has 106 valence electrons. The van der Waals surface area contributed by atoms with E-state index in [0.29, 0.717) is 18.5 Å². The quantitative estimate of drug-likeness (QED) is 0.672. The molecule has 0 radical (unpaired) electrons. The van der Waals surface area contributed by atoms with Gasteiger partial charge in [-0.15, -0.1) is 0 Å². The van der Waals surface area contributed by atoms with E-state index in [9.17, 15) is 9.90 Å². The molecule has 1 saturated heterocycles. The van der Waals surface area contributed by atoms with Crippen LogP contribution >= 0.6 is 11.8 Å². The van der Waals surface area contributed by atoms with Crippen LogP contribution < -0.4 is 10.6 Å². The number of carbonyl (C=O) groups excluding carboxylic acids is 1. The van der Waals surface area contributed by atoms with Crippen LogP contribution in [0.25, 0.3) is 0 Å². The second-order valence-electron chi connectivity index (χ2n) is 6.30. The van der Waals surface area contributed by atoms with Crippen LogP contribution in [0.4, 0.5) is 4.79 Å². The van der Waals surface area contributed by atoms with Gasteiger partial charge in [-0.3, -0.25) is 0 Å². The van der Waals surface area contributed by atoms with E-state index in [4.69, 9.17) is 0 Å². The van der Waals surface area contributed by atoms with Crippen LogP contribution in [-0.2, 0) is 0 Å². The molecule has 2 amide bonds. The van der Waals surface area contributed by atoms with Gasteiger partial charge >= 0.3 is 6.03 Å². The molecule has 0 spiro atoms. The monoisotopic (exact) mass is 274 g/mol. The number of rotatable bonds is 5. The Labute approximate surface area is 114 Å². The maximum Gasteiger partial charge on any atom is 0.314 e. The predicted molar refractivity (Wildman–Crippen MR) is 77.0 cm³/mol. The molecule has 4 nitrogen and oxygen atoms in total. The average Bonchev–Trinajstić information content (AvgIpc) is 2.68. The Balaban J connectivity index is 2.07. The molecule has 1 aliphatic rings. The summed E-state index contributed by atoms with van der Waals surface area (Å²) in [5, 5.41) is 15.6. The minimum Gasteiger partial charge on any atom is -0.387 e. The van der Waals surface area contributed by atoms with Crippen LogP contribution in [0.5, 0.6) is 0 Å². The van der Waals surface area contributed by atoms with Gasteiger partial charge in [-0.25, -0.2) is 4.79 Å². The first-order chi connectivity index (χ1) is 8.31. The van der Waals surface area contributed by atoms with Crippen molar-refractivity contribution in [3.8, 4) is 0 Å². The fourth-order valence-corrected chi connectivity index (χ4v) is 3.16. The van der Waals surface area contributed by atoms with E-state index < -0.39 is 5.60 Å². The second-order valence-corrected chi connectivity index (χ2v) is 7.41. The van der Waals surface area contributed by atoms with E-state index in [1.807, 2.05) is 0 Å². The number of thioether (sulfide) groups is 1. The predicted octanol–water partition coefficient (Wildman–Crippen LogP) is 1.98. The zero-order valence-electron chi connectivity index (χ0n) is 11.7. The van der Waals surface area contributed by atoms with Crippen LogP contribution in [-0.4, -0.2) is 41.3 Å². The topological polar surface area (TPSA) is 61.4 Å². The van der Waals surface area contributed by atoms with Crippen LogP contribution in [0.1, 0.15) is 40.0 Å². The molecular formula is C13H26N2O2S. The normalized spacial score (nSPS) is 24.0. The number of hydrogen-bond donors (Lipinski definition) is 3. The van der Waals surface area contributed by atoms with E-state index in [2.05, 4.69) is 31.4 Å². The molecule has 1 heterocycles. The summed E-state index contributed by atoms with van der Waals surface area (Å²) in [5.41, 5.74) is -0.387. The lowest BCUT2D eigenvalue weighted by Gasteiger charge is -2.22. The molecule has 0 aromatic heterocycles. The van der Waals surface area contributed by atoms with Gasteiger partial charge in [0, 0.05) is 18.8 Å². The third-order valence-corrected chi connectivity index (χ3v) is 4.28. The van der Waals surface area contributed by atoms with E-state index in [-0.39, 0.29) is 6.03 Å². The van der Waals surface area contributed by atoms with Crippen LogP contribution in [0, 0.1) is 5.41 Å². The summed E-state index contributed by atoms with van der Waals surface area (Å²) < 4.78 is 0. The number of aliphatic hydroxyl groups is 1. The summed E-state index contributed by atoms with van der Waals surface area (Å²) in [6.07, 6.45) is 2.84. The Morgan fingerprint density at radius 3 is 2.67 bits per heavy atom. The third kappa shape index (κ3) is 6.50. The number of hydrogen-bond acceptors (Lipinski definition) is 3. The molecular weight excluding hydrogens is 248 g/mol. The fraction of sp³-hybridized carbons (Fsp3) is 0.923. The standard InChI is InChI=1S/C13H26N2O2S/c1-12(2,3)5-4-7-14-11(16)15-9-13(17)6-8-18-10-13/h17H,4-10H2,1-3H3,(H2,14,15,16)/t13-/m0/s1. The smallest absolute Gasteiger partial charge is 0.314 e. The summed E-state index contributed by atoms with van der Waals surface area (Å²) in [6, 6.07) is -0.172. The van der Waals surface area contributed by atoms with E-state index in [0.717, 1.165) is 30.8 Å². The summed E-state index contributed by atoms with van der Waals surface area (Å²) in [5.74, 6) is 1.70. The van der Waals surface area contributed by atoms with Gasteiger partial charge in [0.1, 0.15) is 0 Å².